The first-order valence-corrected chi connectivity index (χ1v) is 7.22. The van der Waals surface area contributed by atoms with Gasteiger partial charge < -0.3 is 14.7 Å². The van der Waals surface area contributed by atoms with Gasteiger partial charge in [-0.2, -0.15) is 0 Å². The number of anilines is 2. The summed E-state index contributed by atoms with van der Waals surface area (Å²) < 4.78 is 14.3. The zero-order valence-corrected chi connectivity index (χ0v) is 11.6. The summed E-state index contributed by atoms with van der Waals surface area (Å²) >= 11 is 0. The number of benzene rings is 1. The summed E-state index contributed by atoms with van der Waals surface area (Å²) in [5.41, 5.74) is 1.90. The highest BCUT2D eigenvalue weighted by atomic mass is 19.1. The zero-order valence-electron chi connectivity index (χ0n) is 11.6. The molecule has 0 bridgehead atoms. The molecular weight excluding hydrogens is 241 g/mol. The Balaban J connectivity index is 1.89. The summed E-state index contributed by atoms with van der Waals surface area (Å²) in [6.07, 6.45) is 2.35. The van der Waals surface area contributed by atoms with Crippen LogP contribution >= 0.6 is 0 Å². The summed E-state index contributed by atoms with van der Waals surface area (Å²) in [6.45, 7) is 6.05. The molecule has 0 atom stereocenters. The van der Waals surface area contributed by atoms with Crippen LogP contribution in [0.15, 0.2) is 18.2 Å². The van der Waals surface area contributed by atoms with Gasteiger partial charge >= 0.3 is 0 Å². The zero-order chi connectivity index (χ0) is 13.2. The van der Waals surface area contributed by atoms with E-state index in [-0.39, 0.29) is 5.82 Å². The molecule has 3 rings (SSSR count). The van der Waals surface area contributed by atoms with Crippen molar-refractivity contribution >= 4 is 11.4 Å². The van der Waals surface area contributed by atoms with Crippen molar-refractivity contribution < 1.29 is 4.39 Å². The maximum Gasteiger partial charge on any atom is 0.148 e. The Hall–Kier alpha value is -1.29. The average Bonchev–Trinajstić information content (AvgIpc) is 2.93. The van der Waals surface area contributed by atoms with Gasteiger partial charge in [0.25, 0.3) is 0 Å². The fraction of sp³-hybridized carbons (Fsp3) is 0.600. The summed E-state index contributed by atoms with van der Waals surface area (Å²) in [5.74, 6) is -0.0710. The Bertz CT molecular complexity index is 435. The van der Waals surface area contributed by atoms with Crippen LogP contribution in [0.25, 0.3) is 0 Å². The summed E-state index contributed by atoms with van der Waals surface area (Å²) in [7, 11) is 2.14. The molecule has 4 heteroatoms. The Labute approximate surface area is 114 Å². The van der Waals surface area contributed by atoms with Crippen LogP contribution in [0.4, 0.5) is 15.8 Å². The number of halogens is 1. The molecule has 0 aromatic heterocycles. The van der Waals surface area contributed by atoms with Gasteiger partial charge in [-0.1, -0.05) is 6.07 Å². The highest BCUT2D eigenvalue weighted by molar-refractivity contribution is 5.72. The van der Waals surface area contributed by atoms with Crippen molar-refractivity contribution in [2.45, 2.75) is 12.8 Å². The molecule has 2 fully saturated rings. The molecule has 0 aliphatic carbocycles. The van der Waals surface area contributed by atoms with Gasteiger partial charge in [0.05, 0.1) is 11.4 Å². The van der Waals surface area contributed by atoms with E-state index in [1.165, 1.54) is 12.8 Å². The molecule has 2 heterocycles. The molecule has 0 unspecified atom stereocenters. The molecular formula is C15H22FN3. The fourth-order valence-electron chi connectivity index (χ4n) is 3.06. The van der Waals surface area contributed by atoms with Gasteiger partial charge in [0, 0.05) is 39.3 Å². The predicted octanol–water partition coefficient (Wildman–Crippen LogP) is 2.18. The van der Waals surface area contributed by atoms with Gasteiger partial charge in [-0.25, -0.2) is 4.39 Å². The summed E-state index contributed by atoms with van der Waals surface area (Å²) in [5, 5.41) is 0. The van der Waals surface area contributed by atoms with E-state index in [0.717, 1.165) is 50.6 Å². The Kier molecular flexibility index (Phi) is 3.60. The molecule has 0 saturated carbocycles. The van der Waals surface area contributed by atoms with E-state index in [2.05, 4.69) is 27.8 Å². The van der Waals surface area contributed by atoms with Gasteiger partial charge in [0.2, 0.25) is 0 Å². The minimum Gasteiger partial charge on any atom is -0.367 e. The van der Waals surface area contributed by atoms with Crippen LogP contribution in [0.2, 0.25) is 0 Å². The van der Waals surface area contributed by atoms with Crippen molar-refractivity contribution in [1.29, 1.82) is 0 Å². The minimum absolute atomic E-state index is 0.0710. The molecule has 0 N–H and O–H groups in total. The van der Waals surface area contributed by atoms with E-state index in [0.29, 0.717) is 0 Å². The van der Waals surface area contributed by atoms with Crippen LogP contribution in [0.3, 0.4) is 0 Å². The van der Waals surface area contributed by atoms with Crippen LogP contribution in [0.5, 0.6) is 0 Å². The number of hydrogen-bond donors (Lipinski definition) is 0. The molecule has 2 aliphatic heterocycles. The lowest BCUT2D eigenvalue weighted by atomic mass is 10.2. The molecule has 104 valence electrons. The molecule has 0 radical (unpaired) electrons. The molecule has 2 aliphatic rings. The van der Waals surface area contributed by atoms with Crippen LogP contribution in [-0.4, -0.2) is 51.2 Å². The van der Waals surface area contributed by atoms with Gasteiger partial charge in [-0.15, -0.1) is 0 Å². The minimum atomic E-state index is -0.0710. The van der Waals surface area contributed by atoms with Crippen LogP contribution in [-0.2, 0) is 0 Å². The van der Waals surface area contributed by atoms with Crippen molar-refractivity contribution in [3.63, 3.8) is 0 Å². The van der Waals surface area contributed by atoms with Crippen LogP contribution in [0, 0.1) is 5.82 Å². The number of rotatable bonds is 2. The second-order valence-corrected chi connectivity index (χ2v) is 5.59. The van der Waals surface area contributed by atoms with Gasteiger partial charge in [0.1, 0.15) is 5.82 Å². The first-order chi connectivity index (χ1) is 9.25. The number of nitrogens with zero attached hydrogens (tertiary/aromatic N) is 3. The van der Waals surface area contributed by atoms with E-state index in [1.807, 2.05) is 6.07 Å². The van der Waals surface area contributed by atoms with E-state index in [4.69, 9.17) is 0 Å². The first-order valence-electron chi connectivity index (χ1n) is 7.22. The quantitative estimate of drug-likeness (QED) is 0.810. The van der Waals surface area contributed by atoms with Crippen molar-refractivity contribution in [2.24, 2.45) is 0 Å². The third kappa shape index (κ3) is 2.54. The third-order valence-corrected chi connectivity index (χ3v) is 4.23. The van der Waals surface area contributed by atoms with E-state index in [1.54, 1.807) is 6.07 Å². The fourth-order valence-corrected chi connectivity index (χ4v) is 3.06. The maximum absolute atomic E-state index is 14.3. The largest absolute Gasteiger partial charge is 0.367 e. The van der Waals surface area contributed by atoms with E-state index in [9.17, 15) is 4.39 Å². The van der Waals surface area contributed by atoms with Gasteiger partial charge in [-0.3, -0.25) is 0 Å². The predicted molar refractivity (Wildman–Crippen MR) is 77.6 cm³/mol. The normalized spacial score (nSPS) is 21.2. The highest BCUT2D eigenvalue weighted by Crippen LogP contribution is 2.34. The number of likely N-dealkylation sites (N-methyl/N-ethyl adjacent to an activating group) is 1. The molecule has 1 aromatic rings. The number of piperazine rings is 1. The SMILES string of the molecule is CN1CCN(c2cccc(F)c2N2CCCC2)CC1. The molecule has 0 spiro atoms. The number of para-hydroxylation sites is 1. The molecule has 3 nitrogen and oxygen atoms in total. The second kappa shape index (κ2) is 5.37. The lowest BCUT2D eigenvalue weighted by Crippen LogP contribution is -2.45. The highest BCUT2D eigenvalue weighted by Gasteiger charge is 2.24. The number of hydrogen-bond acceptors (Lipinski definition) is 3. The Morgan fingerprint density at radius 3 is 2.26 bits per heavy atom. The van der Waals surface area contributed by atoms with Crippen molar-refractivity contribution in [3.05, 3.63) is 24.0 Å². The molecule has 2 saturated heterocycles. The molecule has 19 heavy (non-hydrogen) atoms. The van der Waals surface area contributed by atoms with Gasteiger partial charge in [-0.05, 0) is 32.0 Å². The van der Waals surface area contributed by atoms with Crippen molar-refractivity contribution in [1.82, 2.24) is 4.90 Å². The standard InChI is InChI=1S/C15H22FN3/c1-17-9-11-18(12-10-17)14-6-4-5-13(16)15(14)19-7-2-3-8-19/h4-6H,2-3,7-12H2,1H3. The smallest absolute Gasteiger partial charge is 0.148 e. The summed E-state index contributed by atoms with van der Waals surface area (Å²) in [4.78, 5) is 6.87. The summed E-state index contributed by atoms with van der Waals surface area (Å²) in [6, 6.07) is 5.50. The van der Waals surface area contributed by atoms with E-state index < -0.39 is 0 Å². The van der Waals surface area contributed by atoms with Crippen molar-refractivity contribution in [2.75, 3.05) is 56.1 Å². The molecule has 1 aromatic carbocycles. The Morgan fingerprint density at radius 2 is 1.58 bits per heavy atom. The second-order valence-electron chi connectivity index (χ2n) is 5.59. The monoisotopic (exact) mass is 263 g/mol. The lowest BCUT2D eigenvalue weighted by Gasteiger charge is -2.36. The van der Waals surface area contributed by atoms with Crippen LogP contribution < -0.4 is 9.80 Å². The van der Waals surface area contributed by atoms with Crippen LogP contribution in [0.1, 0.15) is 12.8 Å². The molecule has 0 amide bonds. The average molecular weight is 263 g/mol. The Morgan fingerprint density at radius 1 is 0.895 bits per heavy atom. The van der Waals surface area contributed by atoms with E-state index >= 15 is 0 Å². The first kappa shape index (κ1) is 12.7. The maximum atomic E-state index is 14.3. The van der Waals surface area contributed by atoms with Crippen molar-refractivity contribution in [3.8, 4) is 0 Å². The third-order valence-electron chi connectivity index (χ3n) is 4.23. The van der Waals surface area contributed by atoms with Gasteiger partial charge in [0.15, 0.2) is 0 Å². The topological polar surface area (TPSA) is 9.72 Å². The lowest BCUT2D eigenvalue weighted by molar-refractivity contribution is 0.313.